The molecule has 0 unspecified atom stereocenters. The van der Waals surface area contributed by atoms with Gasteiger partial charge in [0.05, 0.1) is 11.4 Å². The Balaban J connectivity index is 2.30. The molecular weight excluding hydrogens is 162 g/mol. The number of H-pyrrole nitrogens is 1. The molecule has 1 aromatic rings. The molecule has 0 bridgehead atoms. The number of hydrogen-bond donors (Lipinski definition) is 2. The number of aromatic nitrogens is 2. The topological polar surface area (TPSA) is 54.7 Å². The molecule has 0 amide bonds. The molecule has 3 heteroatoms. The summed E-state index contributed by atoms with van der Waals surface area (Å²) in [5.41, 5.74) is 7.93. The van der Waals surface area contributed by atoms with Crippen LogP contribution >= 0.6 is 0 Å². The van der Waals surface area contributed by atoms with E-state index < -0.39 is 0 Å². The molecule has 1 aromatic heterocycles. The SMILES string of the molecule is CC(C)c1nc(C2CC2)[nH]c1CN. The van der Waals surface area contributed by atoms with Crippen molar-refractivity contribution in [2.24, 2.45) is 5.73 Å². The highest BCUT2D eigenvalue weighted by Gasteiger charge is 2.28. The fraction of sp³-hybridized carbons (Fsp3) is 0.700. The van der Waals surface area contributed by atoms with Crippen LogP contribution in [0.3, 0.4) is 0 Å². The molecule has 0 saturated heterocycles. The van der Waals surface area contributed by atoms with Gasteiger partial charge in [0.2, 0.25) is 0 Å². The molecule has 0 spiro atoms. The maximum atomic E-state index is 5.65. The Labute approximate surface area is 78.7 Å². The molecule has 0 atom stereocenters. The molecule has 13 heavy (non-hydrogen) atoms. The zero-order valence-corrected chi connectivity index (χ0v) is 8.30. The molecule has 0 aromatic carbocycles. The van der Waals surface area contributed by atoms with Gasteiger partial charge in [-0.3, -0.25) is 0 Å². The van der Waals surface area contributed by atoms with Gasteiger partial charge in [-0.15, -0.1) is 0 Å². The van der Waals surface area contributed by atoms with Gasteiger partial charge in [-0.25, -0.2) is 4.98 Å². The van der Waals surface area contributed by atoms with Crippen molar-refractivity contribution < 1.29 is 0 Å². The summed E-state index contributed by atoms with van der Waals surface area (Å²) in [5.74, 6) is 2.32. The average molecular weight is 179 g/mol. The number of hydrogen-bond acceptors (Lipinski definition) is 2. The van der Waals surface area contributed by atoms with E-state index in [9.17, 15) is 0 Å². The minimum atomic E-state index is 0.474. The number of nitrogens with zero attached hydrogens (tertiary/aromatic N) is 1. The monoisotopic (exact) mass is 179 g/mol. The van der Waals surface area contributed by atoms with Gasteiger partial charge < -0.3 is 10.7 Å². The molecule has 1 fully saturated rings. The zero-order valence-electron chi connectivity index (χ0n) is 8.30. The lowest BCUT2D eigenvalue weighted by atomic mass is 10.1. The fourth-order valence-corrected chi connectivity index (χ4v) is 1.63. The van der Waals surface area contributed by atoms with Crippen molar-refractivity contribution >= 4 is 0 Å². The fourth-order valence-electron chi connectivity index (χ4n) is 1.63. The molecule has 2 rings (SSSR count). The van der Waals surface area contributed by atoms with Crippen LogP contribution in [0.15, 0.2) is 0 Å². The lowest BCUT2D eigenvalue weighted by Crippen LogP contribution is -2.02. The van der Waals surface area contributed by atoms with Gasteiger partial charge >= 0.3 is 0 Å². The molecule has 1 saturated carbocycles. The second kappa shape index (κ2) is 3.14. The number of aromatic amines is 1. The summed E-state index contributed by atoms with van der Waals surface area (Å²) in [4.78, 5) is 7.95. The van der Waals surface area contributed by atoms with Crippen LogP contribution in [0.5, 0.6) is 0 Å². The molecule has 1 aliphatic rings. The van der Waals surface area contributed by atoms with Crippen LogP contribution in [0.4, 0.5) is 0 Å². The first-order valence-electron chi connectivity index (χ1n) is 5.01. The van der Waals surface area contributed by atoms with Crippen molar-refractivity contribution in [3.63, 3.8) is 0 Å². The van der Waals surface area contributed by atoms with Crippen molar-refractivity contribution in [1.82, 2.24) is 9.97 Å². The maximum Gasteiger partial charge on any atom is 0.109 e. The van der Waals surface area contributed by atoms with E-state index in [2.05, 4.69) is 23.8 Å². The Morgan fingerprint density at radius 1 is 1.54 bits per heavy atom. The van der Waals surface area contributed by atoms with Gasteiger partial charge in [-0.2, -0.15) is 0 Å². The van der Waals surface area contributed by atoms with Crippen LogP contribution in [0.2, 0.25) is 0 Å². The van der Waals surface area contributed by atoms with Gasteiger partial charge in [-0.05, 0) is 18.8 Å². The molecule has 3 N–H and O–H groups in total. The Kier molecular flexibility index (Phi) is 2.12. The van der Waals surface area contributed by atoms with Crippen LogP contribution in [0.25, 0.3) is 0 Å². The summed E-state index contributed by atoms with van der Waals surface area (Å²) in [6.07, 6.45) is 2.57. The number of rotatable bonds is 3. The first kappa shape index (κ1) is 8.75. The normalized spacial score (nSPS) is 16.9. The molecule has 0 aliphatic heterocycles. The van der Waals surface area contributed by atoms with Crippen LogP contribution in [0, 0.1) is 0 Å². The van der Waals surface area contributed by atoms with E-state index in [1.165, 1.54) is 12.8 Å². The summed E-state index contributed by atoms with van der Waals surface area (Å²) in [6, 6.07) is 0. The second-order valence-corrected chi connectivity index (χ2v) is 4.12. The highest BCUT2D eigenvalue weighted by molar-refractivity contribution is 5.21. The Bertz CT molecular complexity index is 297. The summed E-state index contributed by atoms with van der Waals surface area (Å²) < 4.78 is 0. The van der Waals surface area contributed by atoms with E-state index >= 15 is 0 Å². The highest BCUT2D eigenvalue weighted by Crippen LogP contribution is 2.39. The zero-order chi connectivity index (χ0) is 9.42. The second-order valence-electron chi connectivity index (χ2n) is 4.12. The van der Waals surface area contributed by atoms with Crippen LogP contribution in [0.1, 0.15) is 55.7 Å². The average Bonchev–Trinajstić information content (AvgIpc) is 2.84. The highest BCUT2D eigenvalue weighted by atomic mass is 15.0. The minimum Gasteiger partial charge on any atom is -0.344 e. The molecule has 1 aliphatic carbocycles. The lowest BCUT2D eigenvalue weighted by Gasteiger charge is -2.01. The van der Waals surface area contributed by atoms with Crippen LogP contribution in [-0.4, -0.2) is 9.97 Å². The van der Waals surface area contributed by atoms with E-state index in [0.29, 0.717) is 18.4 Å². The van der Waals surface area contributed by atoms with E-state index in [-0.39, 0.29) is 0 Å². The number of nitrogens with two attached hydrogens (primary N) is 1. The summed E-state index contributed by atoms with van der Waals surface area (Å²) in [7, 11) is 0. The Morgan fingerprint density at radius 2 is 2.23 bits per heavy atom. The first-order chi connectivity index (χ1) is 6.22. The molecular formula is C10H17N3. The van der Waals surface area contributed by atoms with Crippen molar-refractivity contribution in [2.45, 2.75) is 45.1 Å². The predicted molar refractivity (Wildman–Crippen MR) is 52.5 cm³/mol. The molecule has 1 heterocycles. The number of imidazole rings is 1. The van der Waals surface area contributed by atoms with E-state index in [4.69, 9.17) is 5.73 Å². The van der Waals surface area contributed by atoms with Crippen molar-refractivity contribution in [3.05, 3.63) is 17.2 Å². The summed E-state index contributed by atoms with van der Waals surface area (Å²) in [5, 5.41) is 0. The van der Waals surface area contributed by atoms with Gasteiger partial charge in [-0.1, -0.05) is 13.8 Å². The largest absolute Gasteiger partial charge is 0.344 e. The van der Waals surface area contributed by atoms with E-state index in [0.717, 1.165) is 17.2 Å². The molecule has 0 radical (unpaired) electrons. The standard InChI is InChI=1S/C10H17N3/c1-6(2)9-8(5-11)12-10(13-9)7-3-4-7/h6-7H,3-5,11H2,1-2H3,(H,12,13). The van der Waals surface area contributed by atoms with Crippen LogP contribution < -0.4 is 5.73 Å². The maximum absolute atomic E-state index is 5.65. The van der Waals surface area contributed by atoms with Crippen LogP contribution in [-0.2, 0) is 6.54 Å². The quantitative estimate of drug-likeness (QED) is 0.744. The molecule has 72 valence electrons. The first-order valence-corrected chi connectivity index (χ1v) is 5.01. The third-order valence-electron chi connectivity index (χ3n) is 2.54. The van der Waals surface area contributed by atoms with Crippen molar-refractivity contribution in [1.29, 1.82) is 0 Å². The van der Waals surface area contributed by atoms with Gasteiger partial charge in [0, 0.05) is 12.5 Å². The predicted octanol–water partition coefficient (Wildman–Crippen LogP) is 1.87. The van der Waals surface area contributed by atoms with Gasteiger partial charge in [0.1, 0.15) is 5.82 Å². The van der Waals surface area contributed by atoms with Gasteiger partial charge in [0.25, 0.3) is 0 Å². The minimum absolute atomic E-state index is 0.474. The summed E-state index contributed by atoms with van der Waals surface area (Å²) in [6.45, 7) is 4.89. The lowest BCUT2D eigenvalue weighted by molar-refractivity contribution is 0.802. The van der Waals surface area contributed by atoms with Crippen molar-refractivity contribution in [2.75, 3.05) is 0 Å². The van der Waals surface area contributed by atoms with Crippen molar-refractivity contribution in [3.8, 4) is 0 Å². The smallest absolute Gasteiger partial charge is 0.109 e. The van der Waals surface area contributed by atoms with E-state index in [1.807, 2.05) is 0 Å². The summed E-state index contributed by atoms with van der Waals surface area (Å²) >= 11 is 0. The molecule has 3 nitrogen and oxygen atoms in total. The third-order valence-corrected chi connectivity index (χ3v) is 2.54. The Hall–Kier alpha value is -0.830. The number of nitrogens with one attached hydrogen (secondary N) is 1. The van der Waals surface area contributed by atoms with E-state index in [1.54, 1.807) is 0 Å². The van der Waals surface area contributed by atoms with Gasteiger partial charge in [0.15, 0.2) is 0 Å². The third kappa shape index (κ3) is 1.61. The Morgan fingerprint density at radius 3 is 2.62 bits per heavy atom.